The van der Waals surface area contributed by atoms with Crippen LogP contribution >= 0.6 is 0 Å². The van der Waals surface area contributed by atoms with Crippen molar-refractivity contribution in [1.82, 2.24) is 14.5 Å². The van der Waals surface area contributed by atoms with E-state index in [2.05, 4.69) is 78.5 Å². The Morgan fingerprint density at radius 2 is 1.83 bits per heavy atom. The van der Waals surface area contributed by atoms with E-state index < -0.39 is 5.60 Å². The van der Waals surface area contributed by atoms with Gasteiger partial charge in [0.05, 0.1) is 12.1 Å². The molecule has 2 aromatic carbocycles. The Bertz CT molecular complexity index is 1110. The summed E-state index contributed by atoms with van der Waals surface area (Å²) in [5.41, 5.74) is 2.81. The van der Waals surface area contributed by atoms with Gasteiger partial charge in [0, 0.05) is 31.4 Å². The molecular weight excluding hydrogens is 450 g/mol. The van der Waals surface area contributed by atoms with Gasteiger partial charge in [-0.05, 0) is 69.0 Å². The topological polar surface area (TPSA) is 59.8 Å². The van der Waals surface area contributed by atoms with Crippen LogP contribution in [0.3, 0.4) is 0 Å². The minimum absolute atomic E-state index is 0.342. The molecule has 0 bridgehead atoms. The summed E-state index contributed by atoms with van der Waals surface area (Å²) < 4.78 is 14.2. The van der Waals surface area contributed by atoms with Crippen molar-refractivity contribution in [2.45, 2.75) is 71.6 Å². The predicted molar refractivity (Wildman–Crippen MR) is 144 cm³/mol. The molecule has 4 rings (SSSR count). The lowest BCUT2D eigenvalue weighted by molar-refractivity contribution is -0.0170. The van der Waals surface area contributed by atoms with Crippen molar-refractivity contribution in [3.63, 3.8) is 0 Å². The van der Waals surface area contributed by atoms with Gasteiger partial charge in [0.2, 0.25) is 0 Å². The lowest BCUT2D eigenvalue weighted by Crippen LogP contribution is -2.37. The average molecular weight is 492 g/mol. The number of nitrogens with zero attached hydrogens (tertiary/aromatic N) is 3. The number of aromatic nitrogens is 2. The van der Waals surface area contributed by atoms with Gasteiger partial charge < -0.3 is 19.1 Å². The van der Waals surface area contributed by atoms with Gasteiger partial charge >= 0.3 is 0 Å². The maximum atomic E-state index is 11.2. The van der Waals surface area contributed by atoms with Crippen molar-refractivity contribution < 1.29 is 14.6 Å². The summed E-state index contributed by atoms with van der Waals surface area (Å²) >= 11 is 0. The van der Waals surface area contributed by atoms with Crippen molar-refractivity contribution in [1.29, 1.82) is 0 Å². The third kappa shape index (κ3) is 7.11. The third-order valence-electron chi connectivity index (χ3n) is 7.03. The summed E-state index contributed by atoms with van der Waals surface area (Å²) in [6, 6.07) is 14.6. The van der Waals surface area contributed by atoms with Crippen molar-refractivity contribution in [2.24, 2.45) is 0 Å². The van der Waals surface area contributed by atoms with Crippen LogP contribution in [0.15, 0.2) is 54.9 Å². The molecule has 6 heteroatoms. The molecule has 3 aromatic rings. The Hall–Kier alpha value is -2.83. The van der Waals surface area contributed by atoms with Gasteiger partial charge in [-0.15, -0.1) is 0 Å². The Morgan fingerprint density at radius 3 is 2.58 bits per heavy atom. The van der Waals surface area contributed by atoms with E-state index in [0.717, 1.165) is 61.9 Å². The smallest absolute Gasteiger partial charge is 0.122 e. The minimum Gasteiger partial charge on any atom is -0.492 e. The summed E-state index contributed by atoms with van der Waals surface area (Å²) in [5, 5.41) is 11.2. The van der Waals surface area contributed by atoms with E-state index in [1.54, 1.807) is 0 Å². The zero-order chi connectivity index (χ0) is 25.5. The van der Waals surface area contributed by atoms with Crippen LogP contribution < -0.4 is 9.47 Å². The highest BCUT2D eigenvalue weighted by Gasteiger charge is 2.31. The highest BCUT2D eigenvalue weighted by Crippen LogP contribution is 2.27. The summed E-state index contributed by atoms with van der Waals surface area (Å²) in [7, 11) is 0. The molecule has 1 aromatic heterocycles. The SMILES string of the molecule is Cc1ccc(OCC2(O)CCCN(Cc3ccc(OCCn4ccnc4C(C)C)cc3)CC2)c(C)c1. The molecule has 1 saturated heterocycles. The van der Waals surface area contributed by atoms with Crippen LogP contribution in [0.4, 0.5) is 0 Å². The fraction of sp³-hybridized carbons (Fsp3) is 0.500. The quantitative estimate of drug-likeness (QED) is 0.406. The van der Waals surface area contributed by atoms with E-state index in [0.29, 0.717) is 25.6 Å². The van der Waals surface area contributed by atoms with Crippen LogP contribution in [-0.2, 0) is 13.1 Å². The molecule has 1 atom stereocenters. The number of aryl methyl sites for hydroxylation is 2. The molecule has 0 radical (unpaired) electrons. The molecule has 36 heavy (non-hydrogen) atoms. The lowest BCUT2D eigenvalue weighted by Gasteiger charge is -2.27. The number of imidazole rings is 1. The molecule has 1 fully saturated rings. The lowest BCUT2D eigenvalue weighted by atomic mass is 9.96. The van der Waals surface area contributed by atoms with Gasteiger partial charge in [0.15, 0.2) is 0 Å². The molecule has 1 N–H and O–H groups in total. The molecule has 0 saturated carbocycles. The van der Waals surface area contributed by atoms with E-state index in [9.17, 15) is 5.11 Å². The Balaban J connectivity index is 1.23. The molecule has 1 unspecified atom stereocenters. The highest BCUT2D eigenvalue weighted by atomic mass is 16.5. The third-order valence-corrected chi connectivity index (χ3v) is 7.03. The van der Waals surface area contributed by atoms with Crippen molar-refractivity contribution in [2.75, 3.05) is 26.3 Å². The minimum atomic E-state index is -0.783. The van der Waals surface area contributed by atoms with E-state index >= 15 is 0 Å². The van der Waals surface area contributed by atoms with Crippen LogP contribution in [0.1, 0.15) is 61.5 Å². The molecule has 2 heterocycles. The van der Waals surface area contributed by atoms with Crippen LogP contribution in [0.5, 0.6) is 11.5 Å². The van der Waals surface area contributed by atoms with Crippen LogP contribution in [0, 0.1) is 13.8 Å². The maximum Gasteiger partial charge on any atom is 0.122 e. The molecule has 1 aliphatic rings. The second-order valence-electron chi connectivity index (χ2n) is 10.5. The number of aliphatic hydroxyl groups is 1. The van der Waals surface area contributed by atoms with E-state index in [4.69, 9.17) is 9.47 Å². The van der Waals surface area contributed by atoms with Gasteiger partial charge in [-0.2, -0.15) is 0 Å². The molecule has 1 aliphatic heterocycles. The number of benzene rings is 2. The first-order chi connectivity index (χ1) is 17.3. The number of hydrogen-bond acceptors (Lipinski definition) is 5. The summed E-state index contributed by atoms with van der Waals surface area (Å²) in [6.07, 6.45) is 6.30. The number of likely N-dealkylation sites (tertiary alicyclic amines) is 1. The number of ether oxygens (including phenoxy) is 2. The normalized spacial score (nSPS) is 18.8. The van der Waals surface area contributed by atoms with Gasteiger partial charge in [-0.25, -0.2) is 4.98 Å². The van der Waals surface area contributed by atoms with Gasteiger partial charge in [0.25, 0.3) is 0 Å². The first-order valence-corrected chi connectivity index (χ1v) is 13.2. The Labute approximate surface area is 215 Å². The zero-order valence-electron chi connectivity index (χ0n) is 22.2. The Morgan fingerprint density at radius 1 is 1.03 bits per heavy atom. The van der Waals surface area contributed by atoms with Crippen LogP contribution in [0.25, 0.3) is 0 Å². The fourth-order valence-corrected chi connectivity index (χ4v) is 4.93. The molecule has 0 spiro atoms. The number of hydrogen-bond donors (Lipinski definition) is 1. The largest absolute Gasteiger partial charge is 0.492 e. The average Bonchev–Trinajstić information content (AvgIpc) is 3.24. The van der Waals surface area contributed by atoms with Gasteiger partial charge in [-0.3, -0.25) is 4.90 Å². The maximum absolute atomic E-state index is 11.2. The Kier molecular flexibility index (Phi) is 8.70. The second kappa shape index (κ2) is 11.9. The fourth-order valence-electron chi connectivity index (χ4n) is 4.93. The first-order valence-electron chi connectivity index (χ1n) is 13.2. The monoisotopic (exact) mass is 491 g/mol. The van der Waals surface area contributed by atoms with Crippen molar-refractivity contribution in [3.8, 4) is 11.5 Å². The van der Waals surface area contributed by atoms with Crippen molar-refractivity contribution in [3.05, 3.63) is 77.4 Å². The second-order valence-corrected chi connectivity index (χ2v) is 10.5. The summed E-state index contributed by atoms with van der Waals surface area (Å²) in [6.45, 7) is 12.9. The summed E-state index contributed by atoms with van der Waals surface area (Å²) in [4.78, 5) is 6.86. The highest BCUT2D eigenvalue weighted by molar-refractivity contribution is 5.35. The zero-order valence-corrected chi connectivity index (χ0v) is 22.2. The van der Waals surface area contributed by atoms with E-state index in [1.165, 1.54) is 11.1 Å². The van der Waals surface area contributed by atoms with E-state index in [-0.39, 0.29) is 0 Å². The van der Waals surface area contributed by atoms with Gasteiger partial charge in [-0.1, -0.05) is 43.7 Å². The standard InChI is InChI=1S/C30H41N3O3/c1-23(2)29-31-14-17-33(29)18-19-35-27-9-7-26(8-10-27)21-32-15-5-12-30(34,13-16-32)22-36-28-11-6-24(3)20-25(28)4/h6-11,14,17,20,23,34H,5,12-13,15-16,18-19,21-22H2,1-4H3. The summed E-state index contributed by atoms with van der Waals surface area (Å²) in [5.74, 6) is 3.25. The van der Waals surface area contributed by atoms with Crippen LogP contribution in [-0.4, -0.2) is 51.5 Å². The molecule has 0 amide bonds. The molecule has 194 valence electrons. The number of rotatable bonds is 10. The van der Waals surface area contributed by atoms with Gasteiger partial charge in [0.1, 0.15) is 30.5 Å². The molecular formula is C30H41N3O3. The first kappa shape index (κ1) is 26.2. The molecule has 0 aliphatic carbocycles. The van der Waals surface area contributed by atoms with Crippen LogP contribution in [0.2, 0.25) is 0 Å². The van der Waals surface area contributed by atoms with E-state index in [1.807, 2.05) is 18.5 Å². The molecule has 6 nitrogen and oxygen atoms in total. The predicted octanol–water partition coefficient (Wildman–Crippen LogP) is 5.50. The van der Waals surface area contributed by atoms with Crippen molar-refractivity contribution >= 4 is 0 Å².